The Balaban J connectivity index is 1.38. The van der Waals surface area contributed by atoms with Crippen molar-refractivity contribution in [2.24, 2.45) is 0 Å². The number of hydrogen-bond donors (Lipinski definition) is 2. The molecule has 202 valence electrons. The van der Waals surface area contributed by atoms with Crippen LogP contribution in [-0.4, -0.2) is 77.2 Å². The van der Waals surface area contributed by atoms with Crippen LogP contribution in [0.25, 0.3) is 10.8 Å². The number of benzene rings is 2. The topological polar surface area (TPSA) is 112 Å². The molecule has 1 atom stereocenters. The molecule has 0 radical (unpaired) electrons. The van der Waals surface area contributed by atoms with Gasteiger partial charge in [0, 0.05) is 56.2 Å². The largest absolute Gasteiger partial charge is 0.353 e. The number of carbonyl (C=O) groups excluding carboxylic acids is 4. The number of hydrogen-bond acceptors (Lipinski definition) is 5. The molecular weight excluding hydrogens is 494 g/mol. The molecule has 3 aromatic rings. The minimum atomic E-state index is -0.721. The number of pyridine rings is 1. The Morgan fingerprint density at radius 1 is 0.897 bits per heavy atom. The molecule has 9 nitrogen and oxygen atoms in total. The summed E-state index contributed by atoms with van der Waals surface area (Å²) in [6, 6.07) is 16.0. The lowest BCUT2D eigenvalue weighted by atomic mass is 10.0. The van der Waals surface area contributed by atoms with E-state index < -0.39 is 6.04 Å². The monoisotopic (exact) mass is 527 g/mol. The third kappa shape index (κ3) is 7.07. The first-order valence-electron chi connectivity index (χ1n) is 13.1. The van der Waals surface area contributed by atoms with Crippen molar-refractivity contribution >= 4 is 34.4 Å². The molecule has 1 aliphatic rings. The Morgan fingerprint density at radius 3 is 2.33 bits per heavy atom. The first-order chi connectivity index (χ1) is 19.0. The van der Waals surface area contributed by atoms with Crippen LogP contribution in [0.5, 0.6) is 0 Å². The van der Waals surface area contributed by atoms with Crippen molar-refractivity contribution in [1.82, 2.24) is 25.4 Å². The van der Waals surface area contributed by atoms with Crippen LogP contribution in [0.2, 0.25) is 0 Å². The smallest absolute Gasteiger partial charge is 0.254 e. The van der Waals surface area contributed by atoms with Gasteiger partial charge in [-0.15, -0.1) is 0 Å². The van der Waals surface area contributed by atoms with Gasteiger partial charge in [-0.25, -0.2) is 0 Å². The highest BCUT2D eigenvalue weighted by Crippen LogP contribution is 2.21. The van der Waals surface area contributed by atoms with E-state index in [2.05, 4.69) is 22.2 Å². The third-order valence-corrected chi connectivity index (χ3v) is 6.85. The Kier molecular flexibility index (Phi) is 9.39. The predicted octanol–water partition coefficient (Wildman–Crippen LogP) is 2.79. The molecule has 4 amide bonds. The average molecular weight is 528 g/mol. The predicted molar refractivity (Wildman–Crippen MR) is 149 cm³/mol. The Morgan fingerprint density at radius 2 is 1.59 bits per heavy atom. The molecule has 2 heterocycles. The number of carbonyl (C=O) groups is 4. The number of piperazine rings is 1. The average Bonchev–Trinajstić information content (AvgIpc) is 2.99. The fraction of sp³-hybridized carbons (Fsp3) is 0.300. The molecule has 1 aromatic heterocycles. The summed E-state index contributed by atoms with van der Waals surface area (Å²) < 4.78 is 0. The summed E-state index contributed by atoms with van der Waals surface area (Å²) in [4.78, 5) is 58.5. The van der Waals surface area contributed by atoms with Gasteiger partial charge in [0.2, 0.25) is 11.8 Å². The fourth-order valence-corrected chi connectivity index (χ4v) is 4.69. The van der Waals surface area contributed by atoms with Crippen LogP contribution >= 0.6 is 0 Å². The number of aromatic nitrogens is 1. The molecular formula is C30H33N5O4. The van der Waals surface area contributed by atoms with Crippen LogP contribution in [0.15, 0.2) is 79.6 Å². The van der Waals surface area contributed by atoms with E-state index in [1.807, 2.05) is 42.5 Å². The van der Waals surface area contributed by atoms with Crippen LogP contribution in [0, 0.1) is 0 Å². The van der Waals surface area contributed by atoms with Crippen molar-refractivity contribution in [2.75, 3.05) is 32.7 Å². The van der Waals surface area contributed by atoms with Gasteiger partial charge < -0.3 is 20.4 Å². The van der Waals surface area contributed by atoms with E-state index in [1.54, 1.807) is 21.9 Å². The second-order valence-corrected chi connectivity index (χ2v) is 9.40. The lowest BCUT2D eigenvalue weighted by Crippen LogP contribution is -2.55. The van der Waals surface area contributed by atoms with Gasteiger partial charge in [-0.1, -0.05) is 43.0 Å². The van der Waals surface area contributed by atoms with Crippen molar-refractivity contribution in [3.8, 4) is 0 Å². The maximum absolute atomic E-state index is 13.5. The molecule has 0 unspecified atom stereocenters. The van der Waals surface area contributed by atoms with Gasteiger partial charge in [-0.3, -0.25) is 24.2 Å². The van der Waals surface area contributed by atoms with E-state index in [0.29, 0.717) is 63.1 Å². The summed E-state index contributed by atoms with van der Waals surface area (Å²) >= 11 is 0. The van der Waals surface area contributed by atoms with Gasteiger partial charge in [-0.2, -0.15) is 0 Å². The van der Waals surface area contributed by atoms with Crippen molar-refractivity contribution in [1.29, 1.82) is 0 Å². The summed E-state index contributed by atoms with van der Waals surface area (Å²) in [6.45, 7) is 5.47. The highest BCUT2D eigenvalue weighted by molar-refractivity contribution is 6.07. The van der Waals surface area contributed by atoms with Crippen LogP contribution in [0.3, 0.4) is 0 Å². The molecule has 4 rings (SSSR count). The Hall–Kier alpha value is -4.53. The molecule has 0 spiro atoms. The molecule has 1 saturated heterocycles. The second-order valence-electron chi connectivity index (χ2n) is 9.40. The van der Waals surface area contributed by atoms with Crippen molar-refractivity contribution < 1.29 is 19.2 Å². The van der Waals surface area contributed by atoms with E-state index >= 15 is 0 Å². The number of fused-ring (bicyclic) bond motifs is 1. The number of amides is 4. The quantitative estimate of drug-likeness (QED) is 0.311. The van der Waals surface area contributed by atoms with E-state index in [1.165, 1.54) is 18.5 Å². The zero-order chi connectivity index (χ0) is 27.6. The van der Waals surface area contributed by atoms with E-state index in [-0.39, 0.29) is 23.6 Å². The lowest BCUT2D eigenvalue weighted by molar-refractivity contribution is -0.135. The van der Waals surface area contributed by atoms with Gasteiger partial charge in [0.1, 0.15) is 6.04 Å². The molecule has 39 heavy (non-hydrogen) atoms. The summed E-state index contributed by atoms with van der Waals surface area (Å²) in [6.07, 6.45) is 5.98. The van der Waals surface area contributed by atoms with Gasteiger partial charge >= 0.3 is 0 Å². The van der Waals surface area contributed by atoms with Crippen LogP contribution in [0.4, 0.5) is 0 Å². The summed E-state index contributed by atoms with van der Waals surface area (Å²) in [5.74, 6) is -0.821. The summed E-state index contributed by atoms with van der Waals surface area (Å²) in [7, 11) is 0. The zero-order valence-electron chi connectivity index (χ0n) is 21.8. The third-order valence-electron chi connectivity index (χ3n) is 6.85. The minimum Gasteiger partial charge on any atom is -0.353 e. The van der Waals surface area contributed by atoms with Crippen LogP contribution < -0.4 is 10.6 Å². The zero-order valence-corrected chi connectivity index (χ0v) is 21.8. The molecule has 1 fully saturated rings. The van der Waals surface area contributed by atoms with Crippen molar-refractivity contribution in [3.63, 3.8) is 0 Å². The Bertz CT molecular complexity index is 1330. The van der Waals surface area contributed by atoms with Gasteiger partial charge in [0.25, 0.3) is 11.8 Å². The highest BCUT2D eigenvalue weighted by atomic mass is 16.2. The normalized spacial score (nSPS) is 13.9. The van der Waals surface area contributed by atoms with Crippen LogP contribution in [0.1, 0.15) is 40.0 Å². The first kappa shape index (κ1) is 27.5. The number of unbranched alkanes of at least 4 members (excludes halogenated alkanes) is 1. The first-order valence-corrected chi connectivity index (χ1v) is 13.1. The molecule has 0 aliphatic carbocycles. The van der Waals surface area contributed by atoms with Crippen LogP contribution in [-0.2, 0) is 9.59 Å². The van der Waals surface area contributed by atoms with Gasteiger partial charge in [0.05, 0.1) is 0 Å². The summed E-state index contributed by atoms with van der Waals surface area (Å²) in [5.41, 5.74) is 1.07. The molecule has 9 heteroatoms. The number of nitrogens with one attached hydrogen (secondary N) is 2. The molecule has 1 aliphatic heterocycles. The Labute approximate surface area is 227 Å². The molecule has 0 bridgehead atoms. The lowest BCUT2D eigenvalue weighted by Gasteiger charge is -2.36. The van der Waals surface area contributed by atoms with Crippen molar-refractivity contribution in [2.45, 2.75) is 25.3 Å². The summed E-state index contributed by atoms with van der Waals surface area (Å²) in [5, 5.41) is 7.52. The minimum absolute atomic E-state index is 0.0528. The molecule has 2 N–H and O–H groups in total. The van der Waals surface area contributed by atoms with Crippen molar-refractivity contribution in [3.05, 3.63) is 90.8 Å². The van der Waals surface area contributed by atoms with E-state index in [0.717, 1.165) is 10.8 Å². The van der Waals surface area contributed by atoms with Gasteiger partial charge in [-0.05, 0) is 54.3 Å². The SMILES string of the molecule is C=CC(=O)NCCCC[C@H](NC(=O)c1ccncc1)C(=O)N1CCN(C(=O)c2cccc3ccccc23)CC1. The number of rotatable bonds is 10. The maximum Gasteiger partial charge on any atom is 0.254 e. The number of nitrogens with zero attached hydrogens (tertiary/aromatic N) is 3. The fourth-order valence-electron chi connectivity index (χ4n) is 4.69. The molecule has 2 aromatic carbocycles. The van der Waals surface area contributed by atoms with E-state index in [4.69, 9.17) is 0 Å². The van der Waals surface area contributed by atoms with Gasteiger partial charge in [0.15, 0.2) is 0 Å². The second kappa shape index (κ2) is 13.3. The maximum atomic E-state index is 13.5. The standard InChI is InChI=1S/C30H33N5O4/c1-2-27(36)32-15-6-5-12-26(33-28(37)23-13-16-31-17-14-23)30(39)35-20-18-34(19-21-35)29(38)25-11-7-9-22-8-3-4-10-24(22)25/h2-4,7-11,13-14,16-17,26H,1,5-6,12,15,18-21H2,(H,32,36)(H,33,37)/t26-/m0/s1. The van der Waals surface area contributed by atoms with E-state index in [9.17, 15) is 19.2 Å². The highest BCUT2D eigenvalue weighted by Gasteiger charge is 2.30. The molecule has 0 saturated carbocycles.